The van der Waals surface area contributed by atoms with Gasteiger partial charge in [0.1, 0.15) is 11.6 Å². The lowest BCUT2D eigenvalue weighted by atomic mass is 10.2. The highest BCUT2D eigenvalue weighted by Crippen LogP contribution is 2.25. The van der Waals surface area contributed by atoms with Crippen LogP contribution in [0.5, 0.6) is 0 Å². The van der Waals surface area contributed by atoms with E-state index in [0.29, 0.717) is 11.4 Å². The number of nitrogens with zero attached hydrogens (tertiary/aromatic N) is 5. The molecule has 0 spiro atoms. The Balaban J connectivity index is 1.92. The molecule has 2 heterocycles. The molecule has 10 heteroatoms. The van der Waals surface area contributed by atoms with Crippen molar-refractivity contribution in [3.05, 3.63) is 45.5 Å². The van der Waals surface area contributed by atoms with Gasteiger partial charge in [-0.25, -0.2) is 8.42 Å². The first-order valence-corrected chi connectivity index (χ1v) is 8.87. The van der Waals surface area contributed by atoms with Gasteiger partial charge in [-0.1, -0.05) is 6.07 Å². The first-order valence-electron chi connectivity index (χ1n) is 7.43. The SMILES string of the molecule is Cc1ccc([N+](=O)[O-])cc1S(=O)(=O)N(C)Cc1nnc2n1CCC2. The number of benzene rings is 1. The quantitative estimate of drug-likeness (QED) is 0.592. The van der Waals surface area contributed by atoms with Crippen LogP contribution in [0.15, 0.2) is 23.1 Å². The monoisotopic (exact) mass is 351 g/mol. The molecule has 0 bridgehead atoms. The molecule has 1 aliphatic rings. The fourth-order valence-electron chi connectivity index (χ4n) is 2.76. The summed E-state index contributed by atoms with van der Waals surface area (Å²) < 4.78 is 28.7. The molecule has 9 nitrogen and oxygen atoms in total. The molecule has 1 aromatic heterocycles. The summed E-state index contributed by atoms with van der Waals surface area (Å²) in [6.45, 7) is 2.46. The lowest BCUT2D eigenvalue weighted by Crippen LogP contribution is -2.28. The van der Waals surface area contributed by atoms with Crippen molar-refractivity contribution in [1.29, 1.82) is 0 Å². The van der Waals surface area contributed by atoms with Crippen molar-refractivity contribution in [3.63, 3.8) is 0 Å². The number of hydrogen-bond acceptors (Lipinski definition) is 6. The standard InChI is InChI=1S/C14H17N5O4S/c1-10-5-6-11(19(20)21)8-12(10)24(22,23)17(2)9-14-16-15-13-4-3-7-18(13)14/h5-6,8H,3-4,7,9H2,1-2H3. The molecular weight excluding hydrogens is 334 g/mol. The third-order valence-corrected chi connectivity index (χ3v) is 6.07. The van der Waals surface area contributed by atoms with Gasteiger partial charge in [0.15, 0.2) is 0 Å². The fraction of sp³-hybridized carbons (Fsp3) is 0.429. The Morgan fingerprint density at radius 1 is 1.38 bits per heavy atom. The molecule has 2 aromatic rings. The summed E-state index contributed by atoms with van der Waals surface area (Å²) in [4.78, 5) is 10.2. The molecule has 0 aliphatic carbocycles. The van der Waals surface area contributed by atoms with Crippen LogP contribution in [0.3, 0.4) is 0 Å². The van der Waals surface area contributed by atoms with Gasteiger partial charge >= 0.3 is 0 Å². The van der Waals surface area contributed by atoms with Crippen LogP contribution in [0.2, 0.25) is 0 Å². The van der Waals surface area contributed by atoms with Gasteiger partial charge in [-0.15, -0.1) is 10.2 Å². The van der Waals surface area contributed by atoms with Crippen molar-refractivity contribution in [2.75, 3.05) is 7.05 Å². The van der Waals surface area contributed by atoms with Gasteiger partial charge in [0, 0.05) is 32.1 Å². The molecule has 0 saturated carbocycles. The maximum absolute atomic E-state index is 12.8. The summed E-state index contributed by atoms with van der Waals surface area (Å²) in [6.07, 6.45) is 1.81. The fourth-order valence-corrected chi connectivity index (χ4v) is 4.13. The van der Waals surface area contributed by atoms with Gasteiger partial charge in [0.25, 0.3) is 5.69 Å². The zero-order valence-electron chi connectivity index (χ0n) is 13.3. The Labute approximate surface area is 139 Å². The Hall–Kier alpha value is -2.33. The zero-order valence-corrected chi connectivity index (χ0v) is 14.2. The van der Waals surface area contributed by atoms with Crippen LogP contribution < -0.4 is 0 Å². The van der Waals surface area contributed by atoms with E-state index in [4.69, 9.17) is 0 Å². The van der Waals surface area contributed by atoms with Crippen LogP contribution >= 0.6 is 0 Å². The smallest absolute Gasteiger partial charge is 0.270 e. The van der Waals surface area contributed by atoms with Crippen molar-refractivity contribution in [1.82, 2.24) is 19.1 Å². The first kappa shape index (κ1) is 16.5. The summed E-state index contributed by atoms with van der Waals surface area (Å²) in [7, 11) is -2.44. The molecule has 0 unspecified atom stereocenters. The van der Waals surface area contributed by atoms with E-state index < -0.39 is 14.9 Å². The lowest BCUT2D eigenvalue weighted by molar-refractivity contribution is -0.385. The molecule has 24 heavy (non-hydrogen) atoms. The highest BCUT2D eigenvalue weighted by Gasteiger charge is 2.27. The van der Waals surface area contributed by atoms with Crippen LogP contribution in [-0.4, -0.2) is 39.5 Å². The molecule has 0 fully saturated rings. The van der Waals surface area contributed by atoms with Crippen molar-refractivity contribution in [3.8, 4) is 0 Å². The van der Waals surface area contributed by atoms with Crippen LogP contribution in [0.1, 0.15) is 23.6 Å². The number of aryl methyl sites for hydroxylation is 2. The number of hydrogen-bond donors (Lipinski definition) is 0. The number of non-ortho nitro benzene ring substituents is 1. The average molecular weight is 351 g/mol. The van der Waals surface area contributed by atoms with Crippen molar-refractivity contribution in [2.24, 2.45) is 0 Å². The number of nitro groups is 1. The third-order valence-electron chi connectivity index (χ3n) is 4.12. The van der Waals surface area contributed by atoms with Gasteiger partial charge in [-0.3, -0.25) is 10.1 Å². The summed E-state index contributed by atoms with van der Waals surface area (Å²) in [5.74, 6) is 1.44. The zero-order chi connectivity index (χ0) is 17.5. The molecule has 128 valence electrons. The Morgan fingerprint density at radius 2 is 2.12 bits per heavy atom. The number of fused-ring (bicyclic) bond motifs is 1. The van der Waals surface area contributed by atoms with E-state index in [0.717, 1.165) is 35.6 Å². The van der Waals surface area contributed by atoms with Gasteiger partial charge in [-0.2, -0.15) is 4.31 Å². The molecule has 1 aromatic carbocycles. The van der Waals surface area contributed by atoms with Crippen molar-refractivity contribution in [2.45, 2.75) is 37.8 Å². The predicted molar refractivity (Wildman–Crippen MR) is 84.8 cm³/mol. The van der Waals surface area contributed by atoms with Crippen LogP contribution in [0.25, 0.3) is 0 Å². The van der Waals surface area contributed by atoms with Gasteiger partial charge in [0.2, 0.25) is 10.0 Å². The van der Waals surface area contributed by atoms with E-state index in [2.05, 4.69) is 10.2 Å². The minimum absolute atomic E-state index is 0.0669. The molecule has 0 atom stereocenters. The number of aromatic nitrogens is 3. The lowest BCUT2D eigenvalue weighted by Gasteiger charge is -2.18. The van der Waals surface area contributed by atoms with Gasteiger partial charge in [0.05, 0.1) is 16.4 Å². The summed E-state index contributed by atoms with van der Waals surface area (Å²) >= 11 is 0. The van der Waals surface area contributed by atoms with E-state index in [-0.39, 0.29) is 17.1 Å². The maximum atomic E-state index is 12.8. The van der Waals surface area contributed by atoms with E-state index in [1.54, 1.807) is 6.92 Å². The number of nitro benzene ring substituents is 1. The average Bonchev–Trinajstić information content (AvgIpc) is 3.12. The van der Waals surface area contributed by atoms with Gasteiger partial charge < -0.3 is 4.57 Å². The normalized spacial score (nSPS) is 14.1. The molecule has 1 aliphatic heterocycles. The largest absolute Gasteiger partial charge is 0.314 e. The van der Waals surface area contributed by atoms with Crippen molar-refractivity contribution >= 4 is 15.7 Å². The van der Waals surface area contributed by atoms with Gasteiger partial charge in [-0.05, 0) is 18.9 Å². The van der Waals surface area contributed by atoms with E-state index in [9.17, 15) is 18.5 Å². The Kier molecular flexibility index (Phi) is 4.10. The third kappa shape index (κ3) is 2.78. The topological polar surface area (TPSA) is 111 Å². The summed E-state index contributed by atoms with van der Waals surface area (Å²) in [5, 5.41) is 19.0. The van der Waals surface area contributed by atoms with E-state index in [1.807, 2.05) is 4.57 Å². The number of sulfonamides is 1. The second kappa shape index (κ2) is 5.95. The molecule has 0 N–H and O–H groups in total. The molecular formula is C14H17N5O4S. The molecule has 0 radical (unpaired) electrons. The second-order valence-electron chi connectivity index (χ2n) is 5.76. The summed E-state index contributed by atoms with van der Waals surface area (Å²) in [6, 6.07) is 3.82. The maximum Gasteiger partial charge on any atom is 0.270 e. The van der Waals surface area contributed by atoms with E-state index >= 15 is 0 Å². The summed E-state index contributed by atoms with van der Waals surface area (Å²) in [5.41, 5.74) is 0.204. The predicted octanol–water partition coefficient (Wildman–Crippen LogP) is 1.26. The molecule has 0 saturated heterocycles. The Morgan fingerprint density at radius 3 is 2.83 bits per heavy atom. The highest BCUT2D eigenvalue weighted by atomic mass is 32.2. The minimum Gasteiger partial charge on any atom is -0.314 e. The molecule has 0 amide bonds. The molecule has 3 rings (SSSR count). The number of rotatable bonds is 5. The minimum atomic E-state index is -3.87. The highest BCUT2D eigenvalue weighted by molar-refractivity contribution is 7.89. The first-order chi connectivity index (χ1) is 11.3. The van der Waals surface area contributed by atoms with Crippen LogP contribution in [0.4, 0.5) is 5.69 Å². The second-order valence-corrected chi connectivity index (χ2v) is 7.77. The Bertz CT molecular complexity index is 906. The van der Waals surface area contributed by atoms with Crippen LogP contribution in [-0.2, 0) is 29.5 Å². The van der Waals surface area contributed by atoms with Crippen LogP contribution in [0, 0.1) is 17.0 Å². The van der Waals surface area contributed by atoms with Crippen molar-refractivity contribution < 1.29 is 13.3 Å². The van der Waals surface area contributed by atoms with E-state index in [1.165, 1.54) is 19.2 Å².